The molecule has 1 aromatic carbocycles. The van der Waals surface area contributed by atoms with Crippen molar-refractivity contribution in [1.29, 1.82) is 0 Å². The van der Waals surface area contributed by atoms with E-state index in [2.05, 4.69) is 16.1 Å². The Kier molecular flexibility index (Phi) is 14.0. The number of ether oxygens (including phenoxy) is 1. The van der Waals surface area contributed by atoms with Crippen LogP contribution in [0, 0.1) is 17.8 Å². The quantitative estimate of drug-likeness (QED) is 0.127. The van der Waals surface area contributed by atoms with Crippen molar-refractivity contribution in [2.45, 2.75) is 110 Å². The third kappa shape index (κ3) is 10.5. The Morgan fingerprint density at radius 3 is 2.20 bits per heavy atom. The molecule has 1 saturated carbocycles. The number of nitrogens with one attached hydrogen (secondary N) is 3. The van der Waals surface area contributed by atoms with Gasteiger partial charge in [0, 0.05) is 6.54 Å². The van der Waals surface area contributed by atoms with Gasteiger partial charge >= 0.3 is 18.0 Å². The number of primary amides is 1. The summed E-state index contributed by atoms with van der Waals surface area (Å²) in [6.07, 6.45) is 5.35. The molecule has 5 N–H and O–H groups in total. The van der Waals surface area contributed by atoms with Gasteiger partial charge in [-0.15, -0.1) is 5.48 Å². The minimum absolute atomic E-state index is 0.00135. The Morgan fingerprint density at radius 2 is 1.59 bits per heavy atom. The summed E-state index contributed by atoms with van der Waals surface area (Å²) in [4.78, 5) is 83.9. The van der Waals surface area contributed by atoms with Crippen LogP contribution in [0.5, 0.6) is 0 Å². The molecule has 46 heavy (non-hydrogen) atoms. The molecule has 4 unspecified atom stereocenters. The highest BCUT2D eigenvalue weighted by Crippen LogP contribution is 2.29. The maximum atomic E-state index is 14.0. The van der Waals surface area contributed by atoms with Crippen LogP contribution in [0.4, 0.5) is 4.79 Å². The summed E-state index contributed by atoms with van der Waals surface area (Å²) in [6.45, 7) is 7.60. The minimum atomic E-state index is -1.14. The number of hydrogen-bond acceptors (Lipinski definition) is 9. The number of Topliss-reactive ketones (excluding diaryl/α,β-unsaturated/α-hetero) is 1. The normalized spacial score (nSPS) is 18.8. The van der Waals surface area contributed by atoms with E-state index in [-0.39, 0.29) is 37.3 Å². The molecular formula is C33H49N5O8. The van der Waals surface area contributed by atoms with Crippen LogP contribution in [-0.4, -0.2) is 71.2 Å². The van der Waals surface area contributed by atoms with Gasteiger partial charge in [-0.25, -0.2) is 14.4 Å². The van der Waals surface area contributed by atoms with Crippen LogP contribution in [0.1, 0.15) is 84.6 Å². The number of urea groups is 1. The lowest BCUT2D eigenvalue weighted by Crippen LogP contribution is -2.59. The maximum absolute atomic E-state index is 14.0. The molecule has 1 aliphatic carbocycles. The van der Waals surface area contributed by atoms with Gasteiger partial charge in [-0.3, -0.25) is 14.4 Å². The molecule has 1 aliphatic heterocycles. The molecule has 1 aromatic rings. The number of hydrogen-bond donors (Lipinski definition) is 4. The molecule has 3 rings (SSSR count). The highest BCUT2D eigenvalue weighted by Gasteiger charge is 2.42. The van der Waals surface area contributed by atoms with Crippen molar-refractivity contribution in [2.24, 2.45) is 23.5 Å². The van der Waals surface area contributed by atoms with Crippen LogP contribution in [0.3, 0.4) is 0 Å². The summed E-state index contributed by atoms with van der Waals surface area (Å²) < 4.78 is 5.47. The van der Waals surface area contributed by atoms with Gasteiger partial charge in [0.2, 0.25) is 11.7 Å². The van der Waals surface area contributed by atoms with E-state index in [1.807, 2.05) is 44.2 Å². The van der Waals surface area contributed by atoms with E-state index in [4.69, 9.17) is 15.3 Å². The van der Waals surface area contributed by atoms with Gasteiger partial charge in [-0.05, 0) is 55.4 Å². The molecule has 4 amide bonds. The second-order valence-electron chi connectivity index (χ2n) is 12.9. The number of rotatable bonds is 15. The van der Waals surface area contributed by atoms with Gasteiger partial charge in [0.1, 0.15) is 30.8 Å². The standard InChI is InChI=1S/C33H49N5O8/c1-20(2)18-24(28(39)29(34)40)37-46-31(42)25-16-11-17-38(25)30(41)27(23-14-9-6-10-15-23)36-33(44)35-26(21(3)4)32(43)45-19-22-12-7-5-8-13-22/h5,7-8,12-13,20-21,23-27,37H,6,9-11,14-19H2,1-4H3,(H2,34,40)(H2,35,36,44). The molecule has 0 bridgehead atoms. The fourth-order valence-corrected chi connectivity index (χ4v) is 5.99. The van der Waals surface area contributed by atoms with E-state index in [1.54, 1.807) is 13.8 Å². The Bertz CT molecular complexity index is 1220. The van der Waals surface area contributed by atoms with E-state index >= 15 is 0 Å². The molecule has 254 valence electrons. The first-order valence-corrected chi connectivity index (χ1v) is 16.3. The number of esters is 1. The zero-order valence-electron chi connectivity index (χ0n) is 27.3. The fourth-order valence-electron chi connectivity index (χ4n) is 5.99. The summed E-state index contributed by atoms with van der Waals surface area (Å²) in [5.41, 5.74) is 8.37. The van der Waals surface area contributed by atoms with Gasteiger partial charge in [0.25, 0.3) is 5.91 Å². The number of likely N-dealkylation sites (tertiary alicyclic amines) is 1. The van der Waals surface area contributed by atoms with E-state index in [9.17, 15) is 28.8 Å². The molecule has 0 spiro atoms. The van der Waals surface area contributed by atoms with Gasteiger partial charge in [-0.2, -0.15) is 0 Å². The SMILES string of the molecule is CC(C)CC(NOC(=O)C1CCCN1C(=O)C(NC(=O)NC(C(=O)OCc1ccccc1)C(C)C)C1CCCCC1)C(=O)C(N)=O. The van der Waals surface area contributed by atoms with Crippen LogP contribution in [0.2, 0.25) is 0 Å². The highest BCUT2D eigenvalue weighted by molar-refractivity contribution is 6.37. The van der Waals surface area contributed by atoms with E-state index in [1.165, 1.54) is 4.90 Å². The average molecular weight is 644 g/mol. The average Bonchev–Trinajstić information content (AvgIpc) is 3.53. The van der Waals surface area contributed by atoms with Gasteiger partial charge in [0.15, 0.2) is 0 Å². The Hall–Kier alpha value is -4.00. The van der Waals surface area contributed by atoms with Crippen molar-refractivity contribution >= 4 is 35.6 Å². The maximum Gasteiger partial charge on any atom is 0.347 e. The molecule has 2 aliphatic rings. The number of benzene rings is 1. The number of hydroxylamine groups is 1. The smallest absolute Gasteiger partial charge is 0.347 e. The molecule has 13 nitrogen and oxygen atoms in total. The van der Waals surface area contributed by atoms with Crippen molar-refractivity contribution in [1.82, 2.24) is 21.0 Å². The zero-order valence-corrected chi connectivity index (χ0v) is 27.3. The number of carbonyl (C=O) groups excluding carboxylic acids is 6. The van der Waals surface area contributed by atoms with Crippen LogP contribution in [-0.2, 0) is 40.2 Å². The van der Waals surface area contributed by atoms with Crippen LogP contribution in [0.25, 0.3) is 0 Å². The van der Waals surface area contributed by atoms with Crippen molar-refractivity contribution in [3.63, 3.8) is 0 Å². The van der Waals surface area contributed by atoms with E-state index in [0.29, 0.717) is 12.8 Å². The molecule has 1 saturated heterocycles. The predicted octanol–water partition coefficient (Wildman–Crippen LogP) is 2.51. The summed E-state index contributed by atoms with van der Waals surface area (Å²) in [6, 6.07) is 4.59. The highest BCUT2D eigenvalue weighted by atomic mass is 16.7. The van der Waals surface area contributed by atoms with Crippen molar-refractivity contribution in [2.75, 3.05) is 6.54 Å². The third-order valence-electron chi connectivity index (χ3n) is 8.48. The largest absolute Gasteiger partial charge is 0.459 e. The second-order valence-corrected chi connectivity index (χ2v) is 12.9. The molecule has 13 heteroatoms. The molecule has 2 fully saturated rings. The van der Waals surface area contributed by atoms with Crippen molar-refractivity contribution in [3.05, 3.63) is 35.9 Å². The lowest BCUT2D eigenvalue weighted by Gasteiger charge is -2.34. The first-order valence-electron chi connectivity index (χ1n) is 16.3. The van der Waals surface area contributed by atoms with Crippen molar-refractivity contribution < 1.29 is 38.3 Å². The van der Waals surface area contributed by atoms with Crippen LogP contribution < -0.4 is 21.8 Å². The molecule has 0 aromatic heterocycles. The monoisotopic (exact) mass is 643 g/mol. The van der Waals surface area contributed by atoms with Crippen molar-refractivity contribution in [3.8, 4) is 0 Å². The Balaban J connectivity index is 1.69. The number of nitrogens with two attached hydrogens (primary N) is 1. The summed E-state index contributed by atoms with van der Waals surface area (Å²) >= 11 is 0. The first kappa shape index (κ1) is 36.5. The van der Waals surface area contributed by atoms with Gasteiger partial charge in [0.05, 0.1) is 0 Å². The molecule has 1 heterocycles. The predicted molar refractivity (Wildman–Crippen MR) is 168 cm³/mol. The van der Waals surface area contributed by atoms with E-state index < -0.39 is 59.7 Å². The topological polar surface area (TPSA) is 186 Å². The molecule has 0 radical (unpaired) electrons. The molecular weight excluding hydrogens is 594 g/mol. The number of amides is 4. The lowest BCUT2D eigenvalue weighted by atomic mass is 9.83. The number of ketones is 1. The lowest BCUT2D eigenvalue weighted by molar-refractivity contribution is -0.164. The van der Waals surface area contributed by atoms with Crippen LogP contribution in [0.15, 0.2) is 30.3 Å². The summed E-state index contributed by atoms with van der Waals surface area (Å²) in [7, 11) is 0. The fraction of sp³-hybridized carbons (Fsp3) is 0.636. The molecule has 4 atom stereocenters. The summed E-state index contributed by atoms with van der Waals surface area (Å²) in [5, 5.41) is 5.53. The third-order valence-corrected chi connectivity index (χ3v) is 8.48. The zero-order chi connectivity index (χ0) is 33.8. The van der Waals surface area contributed by atoms with E-state index in [0.717, 1.165) is 37.7 Å². The minimum Gasteiger partial charge on any atom is -0.459 e. The second kappa shape index (κ2) is 17.6. The number of nitrogens with zero attached hydrogens (tertiary/aromatic N) is 1. The van der Waals surface area contributed by atoms with Gasteiger partial charge < -0.3 is 30.8 Å². The Morgan fingerprint density at radius 1 is 0.913 bits per heavy atom. The summed E-state index contributed by atoms with van der Waals surface area (Å²) in [5.74, 6) is -4.27. The van der Waals surface area contributed by atoms with Crippen LogP contribution >= 0.6 is 0 Å². The first-order chi connectivity index (χ1) is 21.9. The number of carbonyl (C=O) groups is 6. The Labute approximate surface area is 270 Å². The van der Waals surface area contributed by atoms with Gasteiger partial charge in [-0.1, -0.05) is 77.3 Å².